The van der Waals surface area contributed by atoms with Crippen molar-refractivity contribution < 1.29 is 9.53 Å². The number of hydrogen-bond donors (Lipinski definition) is 2. The van der Waals surface area contributed by atoms with E-state index in [-0.39, 0.29) is 5.91 Å². The predicted molar refractivity (Wildman–Crippen MR) is 75.7 cm³/mol. The highest BCUT2D eigenvalue weighted by Crippen LogP contribution is 2.19. The van der Waals surface area contributed by atoms with Crippen LogP contribution in [-0.2, 0) is 0 Å². The van der Waals surface area contributed by atoms with Crippen LogP contribution < -0.4 is 15.4 Å². The van der Waals surface area contributed by atoms with E-state index < -0.39 is 0 Å². The molecular weight excluding hydrogens is 240 g/mol. The number of aryl methyl sites for hydroxylation is 1. The molecule has 1 saturated heterocycles. The van der Waals surface area contributed by atoms with E-state index in [1.54, 1.807) is 7.11 Å². The third-order valence-corrected chi connectivity index (χ3v) is 3.60. The summed E-state index contributed by atoms with van der Waals surface area (Å²) in [4.78, 5) is 12.1. The van der Waals surface area contributed by atoms with E-state index in [1.165, 1.54) is 6.42 Å². The average Bonchev–Trinajstić information content (AvgIpc) is 2.91. The first kappa shape index (κ1) is 13.9. The maximum atomic E-state index is 12.1. The lowest BCUT2D eigenvalue weighted by molar-refractivity contribution is 0.0948. The summed E-state index contributed by atoms with van der Waals surface area (Å²) in [5.41, 5.74) is 1.68. The summed E-state index contributed by atoms with van der Waals surface area (Å²) < 4.78 is 5.23. The molecule has 1 unspecified atom stereocenters. The number of rotatable bonds is 5. The van der Waals surface area contributed by atoms with Gasteiger partial charge < -0.3 is 15.4 Å². The van der Waals surface area contributed by atoms with Gasteiger partial charge in [-0.1, -0.05) is 11.6 Å². The second kappa shape index (κ2) is 6.57. The fourth-order valence-electron chi connectivity index (χ4n) is 2.45. The molecule has 1 atom stereocenters. The second-order valence-corrected chi connectivity index (χ2v) is 5.11. The molecule has 1 heterocycles. The van der Waals surface area contributed by atoms with Crippen LogP contribution in [0.2, 0.25) is 0 Å². The van der Waals surface area contributed by atoms with Gasteiger partial charge in [0.05, 0.1) is 12.7 Å². The largest absolute Gasteiger partial charge is 0.496 e. The number of hydrogen-bond acceptors (Lipinski definition) is 3. The number of ether oxygens (including phenoxy) is 1. The van der Waals surface area contributed by atoms with Crippen molar-refractivity contribution in [1.82, 2.24) is 10.6 Å². The van der Waals surface area contributed by atoms with Crippen molar-refractivity contribution in [2.45, 2.75) is 19.8 Å². The summed E-state index contributed by atoms with van der Waals surface area (Å²) in [5, 5.41) is 6.32. The van der Waals surface area contributed by atoms with Crippen molar-refractivity contribution in [3.8, 4) is 5.75 Å². The van der Waals surface area contributed by atoms with Gasteiger partial charge in [-0.25, -0.2) is 0 Å². The van der Waals surface area contributed by atoms with Gasteiger partial charge in [0, 0.05) is 6.54 Å². The monoisotopic (exact) mass is 262 g/mol. The second-order valence-electron chi connectivity index (χ2n) is 5.11. The van der Waals surface area contributed by atoms with Crippen molar-refractivity contribution in [2.75, 3.05) is 26.7 Å². The van der Waals surface area contributed by atoms with Crippen LogP contribution in [0.25, 0.3) is 0 Å². The summed E-state index contributed by atoms with van der Waals surface area (Å²) in [7, 11) is 1.59. The van der Waals surface area contributed by atoms with Crippen LogP contribution in [0.4, 0.5) is 0 Å². The Labute approximate surface area is 114 Å². The number of benzene rings is 1. The van der Waals surface area contributed by atoms with Crippen molar-refractivity contribution in [3.63, 3.8) is 0 Å². The Morgan fingerprint density at radius 1 is 1.53 bits per heavy atom. The zero-order valence-electron chi connectivity index (χ0n) is 11.7. The highest BCUT2D eigenvalue weighted by atomic mass is 16.5. The molecule has 0 bridgehead atoms. The maximum absolute atomic E-state index is 12.1. The Balaban J connectivity index is 1.89. The van der Waals surface area contributed by atoms with E-state index in [0.717, 1.165) is 31.6 Å². The van der Waals surface area contributed by atoms with E-state index in [2.05, 4.69) is 10.6 Å². The molecule has 19 heavy (non-hydrogen) atoms. The van der Waals surface area contributed by atoms with Gasteiger partial charge in [-0.2, -0.15) is 0 Å². The molecule has 1 aliphatic rings. The van der Waals surface area contributed by atoms with Gasteiger partial charge in [-0.15, -0.1) is 0 Å². The predicted octanol–water partition coefficient (Wildman–Crippen LogP) is 1.73. The van der Waals surface area contributed by atoms with Gasteiger partial charge in [0.15, 0.2) is 0 Å². The Kier molecular flexibility index (Phi) is 4.80. The first-order chi connectivity index (χ1) is 9.20. The first-order valence-corrected chi connectivity index (χ1v) is 6.84. The molecule has 0 aliphatic carbocycles. The van der Waals surface area contributed by atoms with Gasteiger partial charge >= 0.3 is 0 Å². The molecule has 104 valence electrons. The molecule has 2 N–H and O–H groups in total. The summed E-state index contributed by atoms with van der Waals surface area (Å²) >= 11 is 0. The molecule has 1 aromatic rings. The van der Waals surface area contributed by atoms with Crippen LogP contribution in [0, 0.1) is 12.8 Å². The molecule has 0 radical (unpaired) electrons. The van der Waals surface area contributed by atoms with E-state index in [1.807, 2.05) is 25.1 Å². The minimum atomic E-state index is -0.0495. The molecule has 4 heteroatoms. The van der Waals surface area contributed by atoms with Gasteiger partial charge in [0.1, 0.15) is 5.75 Å². The maximum Gasteiger partial charge on any atom is 0.255 e. The third kappa shape index (κ3) is 3.70. The van der Waals surface area contributed by atoms with Crippen LogP contribution in [0.1, 0.15) is 28.8 Å². The average molecular weight is 262 g/mol. The molecule has 0 saturated carbocycles. The Hall–Kier alpha value is -1.55. The van der Waals surface area contributed by atoms with E-state index in [0.29, 0.717) is 17.2 Å². The third-order valence-electron chi connectivity index (χ3n) is 3.60. The minimum Gasteiger partial charge on any atom is -0.496 e. The number of carbonyl (C=O) groups is 1. The van der Waals surface area contributed by atoms with Gasteiger partial charge in [0.2, 0.25) is 0 Å². The lowest BCUT2D eigenvalue weighted by Crippen LogP contribution is -2.26. The zero-order chi connectivity index (χ0) is 13.7. The molecule has 1 amide bonds. The van der Waals surface area contributed by atoms with E-state index in [4.69, 9.17) is 4.74 Å². The Morgan fingerprint density at radius 3 is 3.05 bits per heavy atom. The van der Waals surface area contributed by atoms with Crippen molar-refractivity contribution >= 4 is 5.91 Å². The highest BCUT2D eigenvalue weighted by Gasteiger charge is 2.16. The van der Waals surface area contributed by atoms with E-state index >= 15 is 0 Å². The molecule has 0 spiro atoms. The number of methoxy groups -OCH3 is 1. The van der Waals surface area contributed by atoms with Crippen LogP contribution in [0.3, 0.4) is 0 Å². The molecule has 1 aliphatic heterocycles. The fourth-order valence-corrected chi connectivity index (χ4v) is 2.45. The quantitative estimate of drug-likeness (QED) is 0.849. The number of nitrogens with one attached hydrogen (secondary N) is 2. The minimum absolute atomic E-state index is 0.0495. The zero-order valence-corrected chi connectivity index (χ0v) is 11.7. The summed E-state index contributed by atoms with van der Waals surface area (Å²) in [5.74, 6) is 1.27. The lowest BCUT2D eigenvalue weighted by atomic mass is 10.0. The molecule has 4 nitrogen and oxygen atoms in total. The normalized spacial score (nSPS) is 18.3. The number of amides is 1. The van der Waals surface area contributed by atoms with Crippen LogP contribution >= 0.6 is 0 Å². The first-order valence-electron chi connectivity index (χ1n) is 6.84. The van der Waals surface area contributed by atoms with E-state index in [9.17, 15) is 4.79 Å². The molecule has 0 aromatic heterocycles. The van der Waals surface area contributed by atoms with Crippen molar-refractivity contribution in [3.05, 3.63) is 29.3 Å². The highest BCUT2D eigenvalue weighted by molar-refractivity contribution is 5.97. The van der Waals surface area contributed by atoms with Crippen molar-refractivity contribution in [2.24, 2.45) is 5.92 Å². The topological polar surface area (TPSA) is 50.4 Å². The molecule has 2 rings (SSSR count). The smallest absolute Gasteiger partial charge is 0.255 e. The van der Waals surface area contributed by atoms with Gasteiger partial charge in [-0.05, 0) is 50.9 Å². The van der Waals surface area contributed by atoms with Crippen LogP contribution in [0.5, 0.6) is 5.75 Å². The van der Waals surface area contributed by atoms with Crippen molar-refractivity contribution in [1.29, 1.82) is 0 Å². The lowest BCUT2D eigenvalue weighted by Gasteiger charge is -2.12. The fraction of sp³-hybridized carbons (Fsp3) is 0.533. The van der Waals surface area contributed by atoms with Gasteiger partial charge in [0.25, 0.3) is 5.91 Å². The summed E-state index contributed by atoms with van der Waals surface area (Å²) in [6.07, 6.45) is 2.25. The Morgan fingerprint density at radius 2 is 2.37 bits per heavy atom. The summed E-state index contributed by atoms with van der Waals surface area (Å²) in [6, 6.07) is 5.65. The Bertz CT molecular complexity index is 440. The van der Waals surface area contributed by atoms with Crippen LogP contribution in [-0.4, -0.2) is 32.7 Å². The molecular formula is C15H22N2O2. The van der Waals surface area contributed by atoms with Crippen LogP contribution in [0.15, 0.2) is 18.2 Å². The summed E-state index contributed by atoms with van der Waals surface area (Å²) in [6.45, 7) is 4.87. The molecule has 1 fully saturated rings. The molecule has 1 aromatic carbocycles. The number of carbonyl (C=O) groups excluding carboxylic acids is 1. The SMILES string of the molecule is COc1ccc(C)cc1C(=O)NCCC1CCNC1. The van der Waals surface area contributed by atoms with Gasteiger partial charge in [-0.3, -0.25) is 4.79 Å². The standard InChI is InChI=1S/C15H22N2O2/c1-11-3-4-14(19-2)13(9-11)15(18)17-8-6-12-5-7-16-10-12/h3-4,9,12,16H,5-8,10H2,1-2H3,(H,17,18).